The Morgan fingerprint density at radius 1 is 1.06 bits per heavy atom. The molecule has 3 nitrogen and oxygen atoms in total. The van der Waals surface area contributed by atoms with E-state index in [1.54, 1.807) is 0 Å². The number of nitrogens with zero attached hydrogens (tertiary/aromatic N) is 1. The SMILES string of the molecule is OCCN(CC1CCCNC1)C1CCCCC1. The van der Waals surface area contributed by atoms with Crippen LogP contribution in [0.2, 0.25) is 0 Å². The first-order valence-electron chi connectivity index (χ1n) is 7.46. The number of hydrogen-bond donors (Lipinski definition) is 2. The molecule has 2 fully saturated rings. The summed E-state index contributed by atoms with van der Waals surface area (Å²) >= 11 is 0. The molecule has 0 amide bonds. The van der Waals surface area contributed by atoms with Gasteiger partial charge in [-0.05, 0) is 44.7 Å². The molecule has 0 spiro atoms. The molecule has 1 unspecified atom stereocenters. The van der Waals surface area contributed by atoms with E-state index >= 15 is 0 Å². The van der Waals surface area contributed by atoms with Crippen molar-refractivity contribution in [1.82, 2.24) is 10.2 Å². The third-order valence-electron chi connectivity index (χ3n) is 4.37. The summed E-state index contributed by atoms with van der Waals surface area (Å²) in [6.45, 7) is 4.75. The molecule has 0 aromatic rings. The van der Waals surface area contributed by atoms with Gasteiger partial charge in [-0.25, -0.2) is 0 Å². The molecule has 3 heteroatoms. The van der Waals surface area contributed by atoms with Gasteiger partial charge in [-0.15, -0.1) is 0 Å². The van der Waals surface area contributed by atoms with Crippen LogP contribution in [0.4, 0.5) is 0 Å². The minimum Gasteiger partial charge on any atom is -0.395 e. The van der Waals surface area contributed by atoms with Gasteiger partial charge in [0.2, 0.25) is 0 Å². The van der Waals surface area contributed by atoms with E-state index < -0.39 is 0 Å². The van der Waals surface area contributed by atoms with Crippen LogP contribution in [0.25, 0.3) is 0 Å². The highest BCUT2D eigenvalue weighted by atomic mass is 16.3. The molecule has 1 aliphatic carbocycles. The number of aliphatic hydroxyl groups excluding tert-OH is 1. The van der Waals surface area contributed by atoms with Crippen LogP contribution in [0.5, 0.6) is 0 Å². The maximum absolute atomic E-state index is 9.24. The summed E-state index contributed by atoms with van der Waals surface area (Å²) in [4.78, 5) is 2.57. The standard InChI is InChI=1S/C14H28N2O/c17-10-9-16(14-6-2-1-3-7-14)12-13-5-4-8-15-11-13/h13-15,17H,1-12H2. The molecule has 1 saturated heterocycles. The summed E-state index contributed by atoms with van der Waals surface area (Å²) in [7, 11) is 0. The van der Waals surface area contributed by atoms with Crippen molar-refractivity contribution in [1.29, 1.82) is 0 Å². The molecule has 1 aliphatic heterocycles. The second-order valence-electron chi connectivity index (χ2n) is 5.72. The van der Waals surface area contributed by atoms with Crippen LogP contribution in [0.15, 0.2) is 0 Å². The van der Waals surface area contributed by atoms with Crippen molar-refractivity contribution < 1.29 is 5.11 Å². The Bertz CT molecular complexity index is 198. The van der Waals surface area contributed by atoms with Crippen LogP contribution < -0.4 is 5.32 Å². The Morgan fingerprint density at radius 2 is 1.88 bits per heavy atom. The molecular weight excluding hydrogens is 212 g/mol. The predicted octanol–water partition coefficient (Wildman–Crippen LogP) is 1.61. The van der Waals surface area contributed by atoms with Gasteiger partial charge in [0.25, 0.3) is 0 Å². The minimum atomic E-state index is 0.316. The quantitative estimate of drug-likeness (QED) is 0.766. The number of nitrogens with one attached hydrogen (secondary N) is 1. The van der Waals surface area contributed by atoms with E-state index in [4.69, 9.17) is 0 Å². The second-order valence-corrected chi connectivity index (χ2v) is 5.72. The van der Waals surface area contributed by atoms with E-state index in [0.717, 1.165) is 18.5 Å². The van der Waals surface area contributed by atoms with Gasteiger partial charge in [-0.2, -0.15) is 0 Å². The summed E-state index contributed by atoms with van der Waals surface area (Å²) < 4.78 is 0. The molecule has 1 atom stereocenters. The van der Waals surface area contributed by atoms with Gasteiger partial charge in [0.1, 0.15) is 0 Å². The molecule has 1 saturated carbocycles. The Labute approximate surface area is 106 Å². The van der Waals surface area contributed by atoms with Gasteiger partial charge in [0.15, 0.2) is 0 Å². The smallest absolute Gasteiger partial charge is 0.0558 e. The highest BCUT2D eigenvalue weighted by molar-refractivity contribution is 4.80. The summed E-state index contributed by atoms with van der Waals surface area (Å²) in [5, 5.41) is 12.7. The van der Waals surface area contributed by atoms with Gasteiger partial charge < -0.3 is 10.4 Å². The van der Waals surface area contributed by atoms with E-state index in [0.29, 0.717) is 6.61 Å². The fraction of sp³-hybridized carbons (Fsp3) is 1.00. The lowest BCUT2D eigenvalue weighted by atomic mass is 9.92. The van der Waals surface area contributed by atoms with Crippen LogP contribution in [0.1, 0.15) is 44.9 Å². The van der Waals surface area contributed by atoms with Crippen LogP contribution >= 0.6 is 0 Å². The molecule has 0 aromatic carbocycles. The zero-order valence-corrected chi connectivity index (χ0v) is 11.0. The van der Waals surface area contributed by atoms with Gasteiger partial charge in [-0.3, -0.25) is 4.90 Å². The van der Waals surface area contributed by atoms with E-state index in [9.17, 15) is 5.11 Å². The monoisotopic (exact) mass is 240 g/mol. The van der Waals surface area contributed by atoms with Crippen LogP contribution in [-0.4, -0.2) is 48.8 Å². The van der Waals surface area contributed by atoms with Crippen molar-refractivity contribution in [3.8, 4) is 0 Å². The molecule has 2 N–H and O–H groups in total. The van der Waals surface area contributed by atoms with E-state index in [1.165, 1.54) is 64.6 Å². The highest BCUT2D eigenvalue weighted by Gasteiger charge is 2.24. The molecule has 2 aliphatic rings. The second kappa shape index (κ2) is 7.34. The third kappa shape index (κ3) is 4.23. The van der Waals surface area contributed by atoms with Crippen LogP contribution in [0.3, 0.4) is 0 Å². The lowest BCUT2D eigenvalue weighted by molar-refractivity contribution is 0.100. The Hall–Kier alpha value is -0.120. The predicted molar refractivity (Wildman–Crippen MR) is 71.1 cm³/mol. The van der Waals surface area contributed by atoms with E-state index in [2.05, 4.69) is 10.2 Å². The Balaban J connectivity index is 1.81. The molecule has 0 aromatic heterocycles. The average Bonchev–Trinajstić information content (AvgIpc) is 2.40. The van der Waals surface area contributed by atoms with Gasteiger partial charge in [-0.1, -0.05) is 19.3 Å². The third-order valence-corrected chi connectivity index (χ3v) is 4.37. The maximum Gasteiger partial charge on any atom is 0.0558 e. The van der Waals surface area contributed by atoms with Gasteiger partial charge >= 0.3 is 0 Å². The topological polar surface area (TPSA) is 35.5 Å². The summed E-state index contributed by atoms with van der Waals surface area (Å²) in [5.74, 6) is 0.803. The normalized spacial score (nSPS) is 27.5. The summed E-state index contributed by atoms with van der Waals surface area (Å²) in [5.41, 5.74) is 0. The van der Waals surface area contributed by atoms with Crippen molar-refractivity contribution in [2.24, 2.45) is 5.92 Å². The largest absolute Gasteiger partial charge is 0.395 e. The Morgan fingerprint density at radius 3 is 2.53 bits per heavy atom. The Kier molecular flexibility index (Phi) is 5.75. The minimum absolute atomic E-state index is 0.316. The first kappa shape index (κ1) is 13.3. The van der Waals surface area contributed by atoms with Gasteiger partial charge in [0.05, 0.1) is 6.61 Å². The lowest BCUT2D eigenvalue weighted by Gasteiger charge is -2.37. The number of hydrogen-bond acceptors (Lipinski definition) is 3. The molecule has 2 rings (SSSR count). The van der Waals surface area contributed by atoms with Crippen molar-refractivity contribution in [3.63, 3.8) is 0 Å². The number of rotatable bonds is 5. The van der Waals surface area contributed by atoms with E-state index in [1.807, 2.05) is 0 Å². The fourth-order valence-electron chi connectivity index (χ4n) is 3.41. The first-order chi connectivity index (χ1) is 8.40. The first-order valence-corrected chi connectivity index (χ1v) is 7.46. The summed E-state index contributed by atoms with van der Waals surface area (Å²) in [6.07, 6.45) is 9.56. The van der Waals surface area contributed by atoms with E-state index in [-0.39, 0.29) is 0 Å². The fourth-order valence-corrected chi connectivity index (χ4v) is 3.41. The average molecular weight is 240 g/mol. The van der Waals surface area contributed by atoms with Crippen molar-refractivity contribution >= 4 is 0 Å². The lowest BCUT2D eigenvalue weighted by Crippen LogP contribution is -2.44. The zero-order valence-electron chi connectivity index (χ0n) is 11.0. The maximum atomic E-state index is 9.24. The van der Waals surface area contributed by atoms with Crippen molar-refractivity contribution in [3.05, 3.63) is 0 Å². The van der Waals surface area contributed by atoms with Crippen molar-refractivity contribution in [2.75, 3.05) is 32.8 Å². The number of piperidine rings is 1. The molecule has 0 bridgehead atoms. The zero-order chi connectivity index (χ0) is 11.9. The molecule has 17 heavy (non-hydrogen) atoms. The van der Waals surface area contributed by atoms with Crippen LogP contribution in [-0.2, 0) is 0 Å². The molecule has 0 radical (unpaired) electrons. The van der Waals surface area contributed by atoms with Crippen molar-refractivity contribution in [2.45, 2.75) is 51.0 Å². The molecule has 1 heterocycles. The van der Waals surface area contributed by atoms with Gasteiger partial charge in [0, 0.05) is 19.1 Å². The molecule has 100 valence electrons. The summed E-state index contributed by atoms with van der Waals surface area (Å²) in [6, 6.07) is 0.748. The highest BCUT2D eigenvalue weighted by Crippen LogP contribution is 2.24. The van der Waals surface area contributed by atoms with Crippen LogP contribution in [0, 0.1) is 5.92 Å². The molecular formula is C14H28N2O. The number of aliphatic hydroxyl groups is 1.